The highest BCUT2D eigenvalue weighted by Gasteiger charge is 2.09. The predicted octanol–water partition coefficient (Wildman–Crippen LogP) is 3.66. The van der Waals surface area contributed by atoms with Crippen LogP contribution in [0.4, 0.5) is 5.69 Å². The number of halogens is 1. The van der Waals surface area contributed by atoms with Gasteiger partial charge in [-0.3, -0.25) is 9.59 Å². The van der Waals surface area contributed by atoms with Gasteiger partial charge in [-0.1, -0.05) is 11.6 Å². The fraction of sp³-hybridized carbons (Fsp3) is 0.125. The Labute approximate surface area is 136 Å². The number of anilines is 1. The van der Waals surface area contributed by atoms with Gasteiger partial charge in [-0.2, -0.15) is 0 Å². The Balaban J connectivity index is 1.81. The van der Waals surface area contributed by atoms with E-state index < -0.39 is 0 Å². The molecule has 3 aromatic rings. The fourth-order valence-corrected chi connectivity index (χ4v) is 3.24. The summed E-state index contributed by atoms with van der Waals surface area (Å²) in [6.45, 7) is 1.85. The Morgan fingerprint density at radius 3 is 2.91 bits per heavy atom. The zero-order valence-electron chi connectivity index (χ0n) is 11.8. The number of aromatic nitrogens is 1. The lowest BCUT2D eigenvalue weighted by atomic mass is 10.2. The number of rotatable bonds is 3. The molecule has 1 N–H and O–H groups in total. The molecule has 0 saturated carbocycles. The van der Waals surface area contributed by atoms with Crippen molar-refractivity contribution in [2.24, 2.45) is 0 Å². The van der Waals surface area contributed by atoms with Crippen LogP contribution in [0.15, 0.2) is 46.7 Å². The minimum atomic E-state index is -0.248. The van der Waals surface area contributed by atoms with E-state index in [-0.39, 0.29) is 18.0 Å². The van der Waals surface area contributed by atoms with Crippen LogP contribution < -0.4 is 10.9 Å². The topological polar surface area (TPSA) is 51.1 Å². The number of hydrogen-bond acceptors (Lipinski definition) is 3. The maximum absolute atomic E-state index is 12.3. The first kappa shape index (κ1) is 14.8. The van der Waals surface area contributed by atoms with E-state index in [0.717, 1.165) is 10.3 Å². The van der Waals surface area contributed by atoms with Crippen LogP contribution in [0.1, 0.15) is 5.56 Å². The van der Waals surface area contributed by atoms with E-state index in [2.05, 4.69) is 5.32 Å². The zero-order valence-corrected chi connectivity index (χ0v) is 13.4. The van der Waals surface area contributed by atoms with Crippen molar-refractivity contribution in [3.63, 3.8) is 0 Å². The van der Waals surface area contributed by atoms with Gasteiger partial charge in [0.2, 0.25) is 5.91 Å². The van der Waals surface area contributed by atoms with Crippen LogP contribution in [0.5, 0.6) is 0 Å². The van der Waals surface area contributed by atoms with Gasteiger partial charge in [0.15, 0.2) is 0 Å². The molecule has 3 rings (SSSR count). The average Bonchev–Trinajstić information content (AvgIpc) is 2.94. The van der Waals surface area contributed by atoms with Gasteiger partial charge in [0.05, 0.1) is 5.39 Å². The van der Waals surface area contributed by atoms with Crippen LogP contribution in [0.25, 0.3) is 10.1 Å². The van der Waals surface area contributed by atoms with E-state index >= 15 is 0 Å². The van der Waals surface area contributed by atoms with Crippen molar-refractivity contribution in [2.75, 3.05) is 5.32 Å². The molecule has 112 valence electrons. The van der Waals surface area contributed by atoms with Gasteiger partial charge in [0, 0.05) is 21.6 Å². The van der Waals surface area contributed by atoms with Crippen LogP contribution >= 0.6 is 22.9 Å². The molecule has 1 aromatic carbocycles. The number of nitrogens with one attached hydrogen (secondary N) is 1. The van der Waals surface area contributed by atoms with Crippen molar-refractivity contribution < 1.29 is 4.79 Å². The second-order valence-corrected chi connectivity index (χ2v) is 6.34. The summed E-state index contributed by atoms with van der Waals surface area (Å²) in [6, 6.07) is 8.87. The van der Waals surface area contributed by atoms with E-state index in [1.807, 2.05) is 18.4 Å². The summed E-state index contributed by atoms with van der Waals surface area (Å²) in [5.74, 6) is -0.248. The number of carbonyl (C=O) groups excluding carboxylic acids is 1. The number of aryl methyl sites for hydroxylation is 1. The van der Waals surface area contributed by atoms with Crippen molar-refractivity contribution in [1.29, 1.82) is 0 Å². The van der Waals surface area contributed by atoms with E-state index in [1.165, 1.54) is 15.9 Å². The second kappa shape index (κ2) is 5.94. The minimum absolute atomic E-state index is 0.0211. The van der Waals surface area contributed by atoms with E-state index in [4.69, 9.17) is 11.6 Å². The number of thiophene rings is 1. The molecule has 6 heteroatoms. The number of benzene rings is 1. The summed E-state index contributed by atoms with van der Waals surface area (Å²) in [5, 5.41) is 5.93. The lowest BCUT2D eigenvalue weighted by molar-refractivity contribution is -0.116. The highest BCUT2D eigenvalue weighted by Crippen LogP contribution is 2.20. The van der Waals surface area contributed by atoms with Crippen molar-refractivity contribution in [2.45, 2.75) is 13.5 Å². The van der Waals surface area contributed by atoms with Crippen LogP contribution in [-0.4, -0.2) is 10.5 Å². The molecule has 22 heavy (non-hydrogen) atoms. The quantitative estimate of drug-likeness (QED) is 0.795. The Morgan fingerprint density at radius 1 is 1.32 bits per heavy atom. The number of hydrogen-bond donors (Lipinski definition) is 1. The summed E-state index contributed by atoms with van der Waals surface area (Å²) in [4.78, 5) is 24.4. The van der Waals surface area contributed by atoms with Gasteiger partial charge in [-0.15, -0.1) is 11.3 Å². The summed E-state index contributed by atoms with van der Waals surface area (Å²) < 4.78 is 2.34. The number of carbonyl (C=O) groups is 1. The first-order valence-corrected chi connectivity index (χ1v) is 7.93. The van der Waals surface area contributed by atoms with Crippen molar-refractivity contribution in [3.8, 4) is 0 Å². The average molecular weight is 333 g/mol. The van der Waals surface area contributed by atoms with E-state index in [0.29, 0.717) is 16.1 Å². The lowest BCUT2D eigenvalue weighted by Crippen LogP contribution is -2.27. The minimum Gasteiger partial charge on any atom is -0.324 e. The normalized spacial score (nSPS) is 10.8. The summed E-state index contributed by atoms with van der Waals surface area (Å²) >= 11 is 7.40. The third-order valence-electron chi connectivity index (χ3n) is 3.37. The molecule has 0 saturated heterocycles. The van der Waals surface area contributed by atoms with Crippen LogP contribution in [0.2, 0.25) is 5.02 Å². The van der Waals surface area contributed by atoms with Crippen molar-refractivity contribution in [1.82, 2.24) is 4.57 Å². The van der Waals surface area contributed by atoms with Gasteiger partial charge in [0.25, 0.3) is 5.56 Å². The van der Waals surface area contributed by atoms with E-state index in [9.17, 15) is 9.59 Å². The fourth-order valence-electron chi connectivity index (χ4n) is 2.24. The molecular formula is C16H13ClN2O2S. The Kier molecular flexibility index (Phi) is 4.00. The molecule has 0 fully saturated rings. The zero-order chi connectivity index (χ0) is 15.7. The predicted molar refractivity (Wildman–Crippen MR) is 90.9 cm³/mol. The van der Waals surface area contributed by atoms with Crippen LogP contribution in [0, 0.1) is 6.92 Å². The SMILES string of the molecule is Cc1cc(Cl)ccc1NC(=O)Cn1ccc2sccc2c1=O. The molecule has 0 unspecified atom stereocenters. The molecule has 0 atom stereocenters. The Hall–Kier alpha value is -2.11. The monoisotopic (exact) mass is 332 g/mol. The Bertz CT molecular complexity index is 914. The first-order chi connectivity index (χ1) is 10.5. The standard InChI is InChI=1S/C16H13ClN2O2S/c1-10-8-11(17)2-3-13(10)18-15(20)9-19-6-4-14-12(16(19)21)5-7-22-14/h2-8H,9H2,1H3,(H,18,20). The number of pyridine rings is 1. The molecule has 2 heterocycles. The highest BCUT2D eigenvalue weighted by atomic mass is 35.5. The molecule has 0 aliphatic heterocycles. The molecular weight excluding hydrogens is 320 g/mol. The van der Waals surface area contributed by atoms with Crippen molar-refractivity contribution in [3.05, 3.63) is 62.8 Å². The number of fused-ring (bicyclic) bond motifs is 1. The summed E-state index contributed by atoms with van der Waals surface area (Å²) in [6.07, 6.45) is 1.65. The molecule has 0 spiro atoms. The van der Waals surface area contributed by atoms with Crippen LogP contribution in [0.3, 0.4) is 0 Å². The molecule has 0 radical (unpaired) electrons. The van der Waals surface area contributed by atoms with Gasteiger partial charge >= 0.3 is 0 Å². The van der Waals surface area contributed by atoms with Gasteiger partial charge in [0.1, 0.15) is 6.54 Å². The smallest absolute Gasteiger partial charge is 0.259 e. The largest absolute Gasteiger partial charge is 0.324 e. The lowest BCUT2D eigenvalue weighted by Gasteiger charge is -2.10. The third kappa shape index (κ3) is 2.91. The van der Waals surface area contributed by atoms with Gasteiger partial charge in [-0.25, -0.2) is 0 Å². The Morgan fingerprint density at radius 2 is 2.14 bits per heavy atom. The summed E-state index contributed by atoms with van der Waals surface area (Å²) in [7, 11) is 0. The molecule has 1 amide bonds. The highest BCUT2D eigenvalue weighted by molar-refractivity contribution is 7.17. The molecule has 2 aromatic heterocycles. The molecule has 4 nitrogen and oxygen atoms in total. The first-order valence-electron chi connectivity index (χ1n) is 6.67. The molecule has 0 bridgehead atoms. The van der Waals surface area contributed by atoms with Gasteiger partial charge in [-0.05, 0) is 48.2 Å². The second-order valence-electron chi connectivity index (χ2n) is 4.95. The van der Waals surface area contributed by atoms with Crippen molar-refractivity contribution >= 4 is 44.6 Å². The number of nitrogens with zero attached hydrogens (tertiary/aromatic N) is 1. The maximum Gasteiger partial charge on any atom is 0.259 e. The summed E-state index contributed by atoms with van der Waals surface area (Å²) in [5.41, 5.74) is 1.42. The molecule has 0 aliphatic rings. The number of amides is 1. The van der Waals surface area contributed by atoms with Gasteiger partial charge < -0.3 is 9.88 Å². The van der Waals surface area contributed by atoms with Crippen LogP contribution in [-0.2, 0) is 11.3 Å². The third-order valence-corrected chi connectivity index (χ3v) is 4.49. The molecule has 0 aliphatic carbocycles. The maximum atomic E-state index is 12.3. The van der Waals surface area contributed by atoms with E-state index in [1.54, 1.807) is 30.5 Å².